The Hall–Kier alpha value is -2.31. The molecule has 0 amide bonds. The van der Waals surface area contributed by atoms with Crippen LogP contribution in [0.4, 0.5) is 0 Å². The molecule has 0 radical (unpaired) electrons. The van der Waals surface area contributed by atoms with Crippen molar-refractivity contribution < 1.29 is 9.90 Å². The van der Waals surface area contributed by atoms with Gasteiger partial charge in [-0.15, -0.1) is 15.3 Å². The lowest BCUT2D eigenvalue weighted by Gasteiger charge is -2.02. The standard InChI is InChI=1S/C11H13N5O2/c1-3-8-12-9(4-2)16(15-8)10-6-5-7(11(17)18)13-14-10/h5-6H,3-4H2,1-2H3,(H,17,18). The third-order valence-electron chi connectivity index (χ3n) is 2.44. The normalized spacial score (nSPS) is 10.6. The minimum absolute atomic E-state index is 0.0902. The molecule has 0 saturated carbocycles. The molecule has 0 atom stereocenters. The summed E-state index contributed by atoms with van der Waals surface area (Å²) in [6, 6.07) is 2.97. The zero-order chi connectivity index (χ0) is 13.1. The number of aromatic nitrogens is 5. The molecule has 1 N–H and O–H groups in total. The van der Waals surface area contributed by atoms with E-state index in [4.69, 9.17) is 5.11 Å². The van der Waals surface area contributed by atoms with E-state index in [-0.39, 0.29) is 5.69 Å². The molecule has 0 aromatic carbocycles. The van der Waals surface area contributed by atoms with Crippen molar-refractivity contribution in [1.82, 2.24) is 25.0 Å². The molecule has 0 spiro atoms. The van der Waals surface area contributed by atoms with Crippen molar-refractivity contribution in [3.8, 4) is 5.82 Å². The first-order valence-electron chi connectivity index (χ1n) is 5.67. The van der Waals surface area contributed by atoms with Gasteiger partial charge in [0, 0.05) is 12.8 Å². The second-order valence-electron chi connectivity index (χ2n) is 3.65. The first-order chi connectivity index (χ1) is 8.65. The highest BCUT2D eigenvalue weighted by Crippen LogP contribution is 2.08. The molecular formula is C11H13N5O2. The second-order valence-corrected chi connectivity index (χ2v) is 3.65. The molecule has 18 heavy (non-hydrogen) atoms. The predicted octanol–water partition coefficient (Wildman–Crippen LogP) is 0.880. The highest BCUT2D eigenvalue weighted by atomic mass is 16.4. The number of rotatable bonds is 4. The smallest absolute Gasteiger partial charge is 0.356 e. The number of nitrogens with zero attached hydrogens (tertiary/aromatic N) is 5. The molecule has 0 aliphatic heterocycles. The number of hydrogen-bond donors (Lipinski definition) is 1. The summed E-state index contributed by atoms with van der Waals surface area (Å²) in [5, 5.41) is 20.5. The fourth-order valence-electron chi connectivity index (χ4n) is 1.51. The predicted molar refractivity (Wildman–Crippen MR) is 62.7 cm³/mol. The number of carbonyl (C=O) groups is 1. The van der Waals surface area contributed by atoms with E-state index in [9.17, 15) is 4.79 Å². The number of carboxylic acid groups (broad SMARTS) is 1. The molecule has 7 nitrogen and oxygen atoms in total. The summed E-state index contributed by atoms with van der Waals surface area (Å²) in [4.78, 5) is 15.0. The van der Waals surface area contributed by atoms with Gasteiger partial charge in [0.15, 0.2) is 17.3 Å². The van der Waals surface area contributed by atoms with Gasteiger partial charge in [0.05, 0.1) is 0 Å². The Morgan fingerprint density at radius 2 is 2.06 bits per heavy atom. The van der Waals surface area contributed by atoms with Crippen LogP contribution in [-0.4, -0.2) is 36.0 Å². The molecule has 0 aliphatic rings. The summed E-state index contributed by atoms with van der Waals surface area (Å²) in [7, 11) is 0. The van der Waals surface area contributed by atoms with Crippen LogP contribution in [-0.2, 0) is 12.8 Å². The van der Waals surface area contributed by atoms with Crippen LogP contribution in [0.1, 0.15) is 36.0 Å². The van der Waals surface area contributed by atoms with Crippen molar-refractivity contribution in [3.05, 3.63) is 29.5 Å². The maximum Gasteiger partial charge on any atom is 0.356 e. The molecule has 7 heteroatoms. The molecular weight excluding hydrogens is 234 g/mol. The third-order valence-corrected chi connectivity index (χ3v) is 2.44. The largest absolute Gasteiger partial charge is 0.476 e. The van der Waals surface area contributed by atoms with Gasteiger partial charge in [-0.2, -0.15) is 4.68 Å². The fraction of sp³-hybridized carbons (Fsp3) is 0.364. The fourth-order valence-corrected chi connectivity index (χ4v) is 1.51. The SMILES string of the molecule is CCc1nc(CC)n(-c2ccc(C(=O)O)nn2)n1. The monoisotopic (exact) mass is 247 g/mol. The minimum Gasteiger partial charge on any atom is -0.476 e. The molecule has 2 aromatic heterocycles. The summed E-state index contributed by atoms with van der Waals surface area (Å²) in [5.74, 6) is 0.891. The van der Waals surface area contributed by atoms with Crippen LogP contribution < -0.4 is 0 Å². The van der Waals surface area contributed by atoms with Gasteiger partial charge in [0.25, 0.3) is 0 Å². The first kappa shape index (κ1) is 12.2. The Bertz CT molecular complexity index is 561. The van der Waals surface area contributed by atoms with E-state index < -0.39 is 5.97 Å². The molecule has 2 heterocycles. The van der Waals surface area contributed by atoms with E-state index in [0.717, 1.165) is 24.5 Å². The highest BCUT2D eigenvalue weighted by molar-refractivity contribution is 5.85. The average Bonchev–Trinajstić information content (AvgIpc) is 2.82. The summed E-state index contributed by atoms with van der Waals surface area (Å²) in [5.41, 5.74) is -0.0902. The van der Waals surface area contributed by atoms with Crippen LogP contribution in [0.25, 0.3) is 5.82 Å². The Labute approximate surface area is 104 Å². The second kappa shape index (κ2) is 4.91. The van der Waals surface area contributed by atoms with E-state index in [1.165, 1.54) is 6.07 Å². The van der Waals surface area contributed by atoms with Crippen LogP contribution in [0.5, 0.6) is 0 Å². The Morgan fingerprint density at radius 3 is 2.56 bits per heavy atom. The van der Waals surface area contributed by atoms with Crippen molar-refractivity contribution in [2.24, 2.45) is 0 Å². The van der Waals surface area contributed by atoms with Crippen molar-refractivity contribution in [3.63, 3.8) is 0 Å². The number of carboxylic acids is 1. The number of hydrogen-bond acceptors (Lipinski definition) is 5. The summed E-state index contributed by atoms with van der Waals surface area (Å²) >= 11 is 0. The lowest BCUT2D eigenvalue weighted by Crippen LogP contribution is -2.08. The van der Waals surface area contributed by atoms with Gasteiger partial charge in [0.2, 0.25) is 0 Å². The van der Waals surface area contributed by atoms with Gasteiger partial charge >= 0.3 is 5.97 Å². The Morgan fingerprint density at radius 1 is 1.28 bits per heavy atom. The van der Waals surface area contributed by atoms with E-state index in [1.807, 2.05) is 13.8 Å². The van der Waals surface area contributed by atoms with Crippen molar-refractivity contribution >= 4 is 5.97 Å². The van der Waals surface area contributed by atoms with Gasteiger partial charge in [-0.25, -0.2) is 9.78 Å². The van der Waals surface area contributed by atoms with E-state index in [0.29, 0.717) is 5.82 Å². The van der Waals surface area contributed by atoms with Crippen LogP contribution >= 0.6 is 0 Å². The molecule has 0 unspecified atom stereocenters. The maximum atomic E-state index is 10.7. The Kier molecular flexibility index (Phi) is 3.31. The molecule has 0 fully saturated rings. The van der Waals surface area contributed by atoms with Gasteiger partial charge < -0.3 is 5.11 Å². The van der Waals surface area contributed by atoms with E-state index in [2.05, 4.69) is 20.3 Å². The Balaban J connectivity index is 2.41. The highest BCUT2D eigenvalue weighted by Gasteiger charge is 2.12. The molecule has 2 rings (SSSR count). The van der Waals surface area contributed by atoms with Crippen LogP contribution in [0, 0.1) is 0 Å². The van der Waals surface area contributed by atoms with E-state index >= 15 is 0 Å². The number of aryl methyl sites for hydroxylation is 2. The molecule has 0 bridgehead atoms. The quantitative estimate of drug-likeness (QED) is 0.861. The van der Waals surface area contributed by atoms with Gasteiger partial charge in [0.1, 0.15) is 5.82 Å². The lowest BCUT2D eigenvalue weighted by molar-refractivity contribution is 0.0689. The van der Waals surface area contributed by atoms with Crippen molar-refractivity contribution in [2.45, 2.75) is 26.7 Å². The lowest BCUT2D eigenvalue weighted by atomic mass is 10.4. The molecule has 94 valence electrons. The van der Waals surface area contributed by atoms with Crippen LogP contribution in [0.3, 0.4) is 0 Å². The molecule has 2 aromatic rings. The molecule has 0 saturated heterocycles. The molecule has 0 aliphatic carbocycles. The van der Waals surface area contributed by atoms with Crippen molar-refractivity contribution in [2.75, 3.05) is 0 Å². The van der Waals surface area contributed by atoms with E-state index in [1.54, 1.807) is 10.7 Å². The minimum atomic E-state index is -1.10. The van der Waals surface area contributed by atoms with Crippen LogP contribution in [0.15, 0.2) is 12.1 Å². The van der Waals surface area contributed by atoms with Crippen LogP contribution in [0.2, 0.25) is 0 Å². The first-order valence-corrected chi connectivity index (χ1v) is 5.67. The topological polar surface area (TPSA) is 93.8 Å². The summed E-state index contributed by atoms with van der Waals surface area (Å²) < 4.78 is 1.59. The third kappa shape index (κ3) is 2.20. The van der Waals surface area contributed by atoms with Gasteiger partial charge in [-0.05, 0) is 12.1 Å². The van der Waals surface area contributed by atoms with Gasteiger partial charge in [-0.1, -0.05) is 13.8 Å². The van der Waals surface area contributed by atoms with Gasteiger partial charge in [-0.3, -0.25) is 0 Å². The summed E-state index contributed by atoms with van der Waals surface area (Å²) in [6.07, 6.45) is 1.45. The average molecular weight is 247 g/mol. The zero-order valence-corrected chi connectivity index (χ0v) is 10.2. The summed E-state index contributed by atoms with van der Waals surface area (Å²) in [6.45, 7) is 3.94. The maximum absolute atomic E-state index is 10.7. The van der Waals surface area contributed by atoms with Crippen molar-refractivity contribution in [1.29, 1.82) is 0 Å². The zero-order valence-electron chi connectivity index (χ0n) is 10.2. The number of aromatic carboxylic acids is 1.